The third-order valence-electron chi connectivity index (χ3n) is 4.51. The first-order valence-electron chi connectivity index (χ1n) is 7.52. The van der Waals surface area contributed by atoms with Crippen molar-refractivity contribution in [3.63, 3.8) is 0 Å². The minimum atomic E-state index is -0.245. The predicted octanol–water partition coefficient (Wildman–Crippen LogP) is 4.01. The lowest BCUT2D eigenvalue weighted by Gasteiger charge is -2.34. The zero-order chi connectivity index (χ0) is 15.9. The van der Waals surface area contributed by atoms with Crippen LogP contribution < -0.4 is 0 Å². The average Bonchev–Trinajstić information content (AvgIpc) is 2.46. The highest BCUT2D eigenvalue weighted by Crippen LogP contribution is 2.36. The van der Waals surface area contributed by atoms with Gasteiger partial charge in [-0.2, -0.15) is 0 Å². The maximum absolute atomic E-state index is 11.8. The van der Waals surface area contributed by atoms with Crippen LogP contribution in [0.5, 0.6) is 0 Å². The second kappa shape index (κ2) is 7.96. The molecule has 0 N–H and O–H groups in total. The van der Waals surface area contributed by atoms with E-state index in [1.807, 2.05) is 30.3 Å². The molecule has 1 aromatic rings. The van der Waals surface area contributed by atoms with Crippen molar-refractivity contribution in [1.82, 2.24) is 0 Å². The lowest BCUT2D eigenvalue weighted by molar-refractivity contribution is -0.145. The largest absolute Gasteiger partial charge is 0.461 e. The van der Waals surface area contributed by atoms with E-state index in [2.05, 4.69) is 27.7 Å². The van der Waals surface area contributed by atoms with E-state index in [-0.39, 0.29) is 23.7 Å². The van der Waals surface area contributed by atoms with E-state index in [1.54, 1.807) is 0 Å². The van der Waals surface area contributed by atoms with Crippen molar-refractivity contribution in [2.24, 2.45) is 17.3 Å². The molecule has 0 saturated heterocycles. The Balaban J connectivity index is 2.43. The second-order valence-electron chi connectivity index (χ2n) is 6.40. The Morgan fingerprint density at radius 3 is 2.38 bits per heavy atom. The topological polar surface area (TPSA) is 43.4 Å². The fraction of sp³-hybridized carbons (Fsp3) is 0.556. The highest BCUT2D eigenvalue weighted by Gasteiger charge is 2.32. The van der Waals surface area contributed by atoms with Gasteiger partial charge in [0, 0.05) is 12.3 Å². The van der Waals surface area contributed by atoms with Gasteiger partial charge >= 0.3 is 5.97 Å². The van der Waals surface area contributed by atoms with Crippen molar-refractivity contribution in [2.45, 2.75) is 47.1 Å². The number of rotatable bonds is 8. The summed E-state index contributed by atoms with van der Waals surface area (Å²) in [6.07, 6.45) is 1.80. The van der Waals surface area contributed by atoms with Crippen LogP contribution in [0.1, 0.15) is 46.1 Å². The predicted molar refractivity (Wildman–Crippen MR) is 83.6 cm³/mol. The van der Waals surface area contributed by atoms with Gasteiger partial charge in [0.05, 0.1) is 0 Å². The minimum absolute atomic E-state index is 0.110. The van der Waals surface area contributed by atoms with Crippen molar-refractivity contribution in [1.29, 1.82) is 0 Å². The van der Waals surface area contributed by atoms with Gasteiger partial charge in [-0.3, -0.25) is 4.79 Å². The minimum Gasteiger partial charge on any atom is -0.461 e. The fourth-order valence-corrected chi connectivity index (χ4v) is 2.13. The molecule has 0 saturated carbocycles. The quantitative estimate of drug-likeness (QED) is 0.537. The third-order valence-corrected chi connectivity index (χ3v) is 4.51. The van der Waals surface area contributed by atoms with Gasteiger partial charge in [0.2, 0.25) is 0 Å². The Morgan fingerprint density at radius 2 is 1.86 bits per heavy atom. The normalized spacial score (nSPS) is 13.0. The molecule has 1 aromatic carbocycles. The van der Waals surface area contributed by atoms with Crippen LogP contribution in [0.15, 0.2) is 30.3 Å². The van der Waals surface area contributed by atoms with Crippen LogP contribution in [0.4, 0.5) is 0 Å². The second-order valence-corrected chi connectivity index (χ2v) is 6.40. The fourth-order valence-electron chi connectivity index (χ4n) is 2.13. The van der Waals surface area contributed by atoms with Gasteiger partial charge in [0.15, 0.2) is 0 Å². The van der Waals surface area contributed by atoms with Crippen LogP contribution in [0, 0.1) is 17.3 Å². The van der Waals surface area contributed by atoms with Crippen LogP contribution >= 0.6 is 0 Å². The Kier molecular flexibility index (Phi) is 6.60. The molecule has 0 heterocycles. The molecule has 0 radical (unpaired) electrons. The molecule has 0 amide bonds. The summed E-state index contributed by atoms with van der Waals surface area (Å²) < 4.78 is 5.24. The van der Waals surface area contributed by atoms with Gasteiger partial charge in [0.25, 0.3) is 0 Å². The smallest absolute Gasteiger partial charge is 0.306 e. The number of aldehydes is 1. The molecular formula is C18H26O3. The third kappa shape index (κ3) is 5.33. The van der Waals surface area contributed by atoms with Crippen molar-refractivity contribution in [3.8, 4) is 0 Å². The Hall–Kier alpha value is -1.64. The number of benzene rings is 1. The summed E-state index contributed by atoms with van der Waals surface area (Å²) in [6.45, 7) is 8.64. The summed E-state index contributed by atoms with van der Waals surface area (Å²) in [6, 6.07) is 9.59. The molecule has 0 aliphatic heterocycles. The molecule has 116 valence electrons. The van der Waals surface area contributed by atoms with Crippen LogP contribution in [0.2, 0.25) is 0 Å². The summed E-state index contributed by atoms with van der Waals surface area (Å²) >= 11 is 0. The van der Waals surface area contributed by atoms with E-state index in [1.165, 1.54) is 0 Å². The molecule has 0 bridgehead atoms. The zero-order valence-electron chi connectivity index (χ0n) is 13.5. The van der Waals surface area contributed by atoms with Crippen molar-refractivity contribution in [2.75, 3.05) is 0 Å². The molecule has 1 unspecified atom stereocenters. The lowest BCUT2D eigenvalue weighted by atomic mass is 9.70. The summed E-state index contributed by atoms with van der Waals surface area (Å²) in [5.74, 6) is 0.0140. The van der Waals surface area contributed by atoms with Gasteiger partial charge in [-0.15, -0.1) is 0 Å². The van der Waals surface area contributed by atoms with Gasteiger partial charge in [0.1, 0.15) is 12.9 Å². The van der Waals surface area contributed by atoms with E-state index in [0.717, 1.165) is 11.8 Å². The molecule has 1 atom stereocenters. The van der Waals surface area contributed by atoms with Crippen molar-refractivity contribution in [3.05, 3.63) is 35.9 Å². The first kappa shape index (κ1) is 17.4. The summed E-state index contributed by atoms with van der Waals surface area (Å²) in [5, 5.41) is 0. The first-order chi connectivity index (χ1) is 9.87. The van der Waals surface area contributed by atoms with E-state index >= 15 is 0 Å². The Bertz CT molecular complexity index is 449. The zero-order valence-corrected chi connectivity index (χ0v) is 13.5. The number of esters is 1. The maximum Gasteiger partial charge on any atom is 0.306 e. The van der Waals surface area contributed by atoms with Crippen molar-refractivity contribution < 1.29 is 14.3 Å². The SMILES string of the molecule is CC(C)C(C)(C)C(C=O)CCC(=O)OCc1ccccc1. The van der Waals surface area contributed by atoms with Gasteiger partial charge in [-0.1, -0.05) is 58.0 Å². The lowest BCUT2D eigenvalue weighted by Crippen LogP contribution is -2.31. The number of hydrogen-bond donors (Lipinski definition) is 0. The van der Waals surface area contributed by atoms with E-state index in [4.69, 9.17) is 4.74 Å². The Morgan fingerprint density at radius 1 is 1.24 bits per heavy atom. The molecular weight excluding hydrogens is 264 g/mol. The molecule has 0 fully saturated rings. The molecule has 0 aliphatic rings. The molecule has 3 heteroatoms. The van der Waals surface area contributed by atoms with Crippen LogP contribution in [0.25, 0.3) is 0 Å². The standard InChI is InChI=1S/C18H26O3/c1-14(2)18(3,4)16(12-19)10-11-17(20)21-13-15-8-6-5-7-9-15/h5-9,12,14,16H,10-11,13H2,1-4H3. The number of carbonyl (C=O) groups excluding carboxylic acids is 2. The van der Waals surface area contributed by atoms with Crippen LogP contribution in [-0.2, 0) is 20.9 Å². The average molecular weight is 290 g/mol. The summed E-state index contributed by atoms with van der Waals surface area (Å²) in [7, 11) is 0. The van der Waals surface area contributed by atoms with E-state index < -0.39 is 0 Å². The van der Waals surface area contributed by atoms with E-state index in [9.17, 15) is 9.59 Å². The highest BCUT2D eigenvalue weighted by molar-refractivity contribution is 5.70. The van der Waals surface area contributed by atoms with Crippen LogP contribution in [-0.4, -0.2) is 12.3 Å². The maximum atomic E-state index is 11.8. The van der Waals surface area contributed by atoms with Gasteiger partial charge < -0.3 is 9.53 Å². The molecule has 3 nitrogen and oxygen atoms in total. The summed E-state index contributed by atoms with van der Waals surface area (Å²) in [4.78, 5) is 23.1. The van der Waals surface area contributed by atoms with E-state index in [0.29, 0.717) is 18.9 Å². The molecule has 0 aliphatic carbocycles. The number of hydrogen-bond acceptors (Lipinski definition) is 3. The molecule has 0 aromatic heterocycles. The molecule has 21 heavy (non-hydrogen) atoms. The first-order valence-corrected chi connectivity index (χ1v) is 7.52. The van der Waals surface area contributed by atoms with Crippen LogP contribution in [0.3, 0.4) is 0 Å². The number of carbonyl (C=O) groups is 2. The monoisotopic (exact) mass is 290 g/mol. The Labute approximate surface area is 127 Å². The number of ether oxygens (including phenoxy) is 1. The van der Waals surface area contributed by atoms with Gasteiger partial charge in [-0.05, 0) is 23.3 Å². The molecule has 1 rings (SSSR count). The molecule has 0 spiro atoms. The van der Waals surface area contributed by atoms with Gasteiger partial charge in [-0.25, -0.2) is 0 Å². The summed E-state index contributed by atoms with van der Waals surface area (Å²) in [5.41, 5.74) is 0.863. The highest BCUT2D eigenvalue weighted by atomic mass is 16.5. The van der Waals surface area contributed by atoms with Crippen molar-refractivity contribution >= 4 is 12.3 Å².